The van der Waals surface area contributed by atoms with Crippen LogP contribution in [0, 0.1) is 11.3 Å². The third-order valence-corrected chi connectivity index (χ3v) is 6.16. The van der Waals surface area contributed by atoms with Gasteiger partial charge in [-0.15, -0.1) is 11.3 Å². The number of hydrogen-bond donors (Lipinski definition) is 0. The third kappa shape index (κ3) is 4.34. The monoisotopic (exact) mass is 445 g/mol. The molecule has 0 N–H and O–H groups in total. The number of hydrogen-bond acceptors (Lipinski definition) is 10. The molecule has 5 heterocycles. The predicted octanol–water partition coefficient (Wildman–Crippen LogP) is 2.95. The average molecular weight is 446 g/mol. The number of nitriles is 1. The van der Waals surface area contributed by atoms with Crippen LogP contribution in [0.5, 0.6) is 6.01 Å². The van der Waals surface area contributed by atoms with Gasteiger partial charge in [-0.3, -0.25) is 9.97 Å². The van der Waals surface area contributed by atoms with Gasteiger partial charge in [-0.25, -0.2) is 9.97 Å². The minimum atomic E-state index is -0.607. The Morgan fingerprint density at radius 1 is 1.12 bits per heavy atom. The molecular formula is C22H19N7O2S. The van der Waals surface area contributed by atoms with E-state index < -0.39 is 5.92 Å². The van der Waals surface area contributed by atoms with Crippen molar-refractivity contribution in [3.05, 3.63) is 65.4 Å². The SMILES string of the molecule is N#CC(c1ccnc(OCc2cncc(N3CCOCC3)c2)n1)c1nc2cnccc2s1. The Morgan fingerprint density at radius 3 is 2.88 bits per heavy atom. The van der Waals surface area contributed by atoms with Crippen LogP contribution in [0.4, 0.5) is 5.69 Å². The van der Waals surface area contributed by atoms with Crippen molar-refractivity contribution >= 4 is 27.2 Å². The second-order valence-corrected chi connectivity index (χ2v) is 8.22. The summed E-state index contributed by atoms with van der Waals surface area (Å²) in [5.74, 6) is -0.607. The van der Waals surface area contributed by atoms with Crippen LogP contribution < -0.4 is 9.64 Å². The number of rotatable bonds is 6. The van der Waals surface area contributed by atoms with Gasteiger partial charge in [-0.05, 0) is 18.2 Å². The smallest absolute Gasteiger partial charge is 0.316 e. The maximum Gasteiger partial charge on any atom is 0.316 e. The standard InChI is InChI=1S/C22H19N7O2S/c23-10-17(21-27-19-13-24-3-2-20(19)32-21)18-1-4-26-22(28-18)31-14-15-9-16(12-25-11-15)29-5-7-30-8-6-29/h1-4,9,11-13,17H,5-8,14H2. The fraction of sp³-hybridized carbons (Fsp3) is 0.273. The normalized spacial score (nSPS) is 14.8. The van der Waals surface area contributed by atoms with Crippen molar-refractivity contribution in [3.63, 3.8) is 0 Å². The Hall–Kier alpha value is -3.68. The van der Waals surface area contributed by atoms with E-state index in [1.54, 1.807) is 30.9 Å². The van der Waals surface area contributed by atoms with E-state index in [-0.39, 0.29) is 12.6 Å². The Morgan fingerprint density at radius 2 is 2.03 bits per heavy atom. The molecule has 160 valence electrons. The van der Waals surface area contributed by atoms with Gasteiger partial charge < -0.3 is 14.4 Å². The molecule has 32 heavy (non-hydrogen) atoms. The van der Waals surface area contributed by atoms with E-state index in [0.29, 0.717) is 23.9 Å². The zero-order valence-corrected chi connectivity index (χ0v) is 17.9. The zero-order chi connectivity index (χ0) is 21.8. The molecule has 0 amide bonds. The number of fused-ring (bicyclic) bond motifs is 1. The van der Waals surface area contributed by atoms with E-state index in [1.165, 1.54) is 11.3 Å². The fourth-order valence-corrected chi connectivity index (χ4v) is 4.44. The molecule has 0 radical (unpaired) electrons. The highest BCUT2D eigenvalue weighted by Crippen LogP contribution is 2.30. The summed E-state index contributed by atoms with van der Waals surface area (Å²) in [6.07, 6.45) is 8.61. The predicted molar refractivity (Wildman–Crippen MR) is 119 cm³/mol. The highest BCUT2D eigenvalue weighted by Gasteiger charge is 2.21. The van der Waals surface area contributed by atoms with E-state index in [9.17, 15) is 5.26 Å². The first-order valence-corrected chi connectivity index (χ1v) is 10.9. The Labute approximate surface area is 188 Å². The van der Waals surface area contributed by atoms with Gasteiger partial charge in [0.2, 0.25) is 0 Å². The van der Waals surface area contributed by atoms with Gasteiger partial charge in [-0.1, -0.05) is 0 Å². The molecule has 1 fully saturated rings. The molecule has 1 atom stereocenters. The van der Waals surface area contributed by atoms with Crippen LogP contribution in [0.1, 0.15) is 22.2 Å². The Balaban J connectivity index is 1.31. The molecule has 0 saturated carbocycles. The van der Waals surface area contributed by atoms with E-state index in [0.717, 1.165) is 34.6 Å². The highest BCUT2D eigenvalue weighted by molar-refractivity contribution is 7.18. The number of nitrogens with zero attached hydrogens (tertiary/aromatic N) is 7. The van der Waals surface area contributed by atoms with Gasteiger partial charge in [0.15, 0.2) is 0 Å². The van der Waals surface area contributed by atoms with Crippen molar-refractivity contribution in [1.82, 2.24) is 24.9 Å². The van der Waals surface area contributed by atoms with Crippen molar-refractivity contribution in [2.24, 2.45) is 0 Å². The summed E-state index contributed by atoms with van der Waals surface area (Å²) >= 11 is 1.46. The first-order chi connectivity index (χ1) is 15.8. The van der Waals surface area contributed by atoms with Gasteiger partial charge in [0.1, 0.15) is 17.5 Å². The van der Waals surface area contributed by atoms with E-state index in [2.05, 4.69) is 42.0 Å². The number of aromatic nitrogens is 5. The third-order valence-electron chi connectivity index (χ3n) is 5.06. The molecule has 0 aromatic carbocycles. The van der Waals surface area contributed by atoms with Crippen molar-refractivity contribution in [1.29, 1.82) is 5.26 Å². The number of morpholine rings is 1. The minimum Gasteiger partial charge on any atom is -0.459 e. The van der Waals surface area contributed by atoms with Crippen molar-refractivity contribution in [3.8, 4) is 12.1 Å². The van der Waals surface area contributed by atoms with Crippen LogP contribution in [0.25, 0.3) is 10.2 Å². The summed E-state index contributed by atoms with van der Waals surface area (Å²) in [5, 5.41) is 10.5. The van der Waals surface area contributed by atoms with Gasteiger partial charge in [0, 0.05) is 37.2 Å². The second-order valence-electron chi connectivity index (χ2n) is 7.16. The maximum atomic E-state index is 9.79. The summed E-state index contributed by atoms with van der Waals surface area (Å²) in [6, 6.07) is 8.16. The van der Waals surface area contributed by atoms with Gasteiger partial charge in [0.25, 0.3) is 0 Å². The second kappa shape index (κ2) is 9.21. The van der Waals surface area contributed by atoms with Crippen LogP contribution in [0.15, 0.2) is 49.2 Å². The van der Waals surface area contributed by atoms with Crippen LogP contribution in [0.2, 0.25) is 0 Å². The zero-order valence-electron chi connectivity index (χ0n) is 17.1. The number of ether oxygens (including phenoxy) is 2. The van der Waals surface area contributed by atoms with Crippen LogP contribution in [-0.2, 0) is 11.3 Å². The average Bonchev–Trinajstić information content (AvgIpc) is 3.28. The fourth-order valence-electron chi connectivity index (χ4n) is 3.45. The molecule has 1 unspecified atom stereocenters. The van der Waals surface area contributed by atoms with Crippen molar-refractivity contribution in [2.45, 2.75) is 12.5 Å². The molecule has 0 aliphatic carbocycles. The maximum absolute atomic E-state index is 9.79. The first-order valence-electron chi connectivity index (χ1n) is 10.1. The molecule has 4 aromatic heterocycles. The molecule has 0 bridgehead atoms. The topological polar surface area (TPSA) is 110 Å². The Bertz CT molecular complexity index is 1230. The van der Waals surface area contributed by atoms with Gasteiger partial charge in [0.05, 0.1) is 53.3 Å². The van der Waals surface area contributed by atoms with Gasteiger partial charge in [-0.2, -0.15) is 10.2 Å². The summed E-state index contributed by atoms with van der Waals surface area (Å²) in [4.78, 5) is 23.9. The lowest BCUT2D eigenvalue weighted by atomic mass is 10.1. The molecule has 0 spiro atoms. The summed E-state index contributed by atoms with van der Waals surface area (Å²) < 4.78 is 12.2. The summed E-state index contributed by atoms with van der Waals surface area (Å²) in [7, 11) is 0. The molecular weight excluding hydrogens is 426 g/mol. The van der Waals surface area contributed by atoms with Crippen LogP contribution in [0.3, 0.4) is 0 Å². The lowest BCUT2D eigenvalue weighted by molar-refractivity contribution is 0.122. The molecule has 1 saturated heterocycles. The van der Waals surface area contributed by atoms with Gasteiger partial charge >= 0.3 is 6.01 Å². The summed E-state index contributed by atoms with van der Waals surface area (Å²) in [6.45, 7) is 3.39. The van der Waals surface area contributed by atoms with Crippen LogP contribution in [-0.4, -0.2) is 51.2 Å². The molecule has 5 rings (SSSR count). The first kappa shape index (κ1) is 20.2. The largest absolute Gasteiger partial charge is 0.459 e. The quantitative estimate of drug-likeness (QED) is 0.442. The number of thiazole rings is 1. The van der Waals surface area contributed by atoms with Crippen LogP contribution >= 0.6 is 11.3 Å². The van der Waals surface area contributed by atoms with E-state index in [4.69, 9.17) is 9.47 Å². The molecule has 10 heteroatoms. The lowest BCUT2D eigenvalue weighted by Crippen LogP contribution is -2.36. The summed E-state index contributed by atoms with van der Waals surface area (Å²) in [5.41, 5.74) is 3.27. The van der Waals surface area contributed by atoms with E-state index >= 15 is 0 Å². The van der Waals surface area contributed by atoms with Crippen molar-refractivity contribution < 1.29 is 9.47 Å². The molecule has 4 aromatic rings. The molecule has 9 nitrogen and oxygen atoms in total. The Kier molecular flexibility index (Phi) is 5.83. The lowest BCUT2D eigenvalue weighted by Gasteiger charge is -2.28. The minimum absolute atomic E-state index is 0.210. The molecule has 1 aliphatic heterocycles. The van der Waals surface area contributed by atoms with E-state index in [1.807, 2.05) is 12.3 Å². The molecule has 1 aliphatic rings. The number of pyridine rings is 2. The highest BCUT2D eigenvalue weighted by atomic mass is 32.1. The number of anilines is 1. The van der Waals surface area contributed by atoms with Crippen molar-refractivity contribution in [2.75, 3.05) is 31.2 Å².